The number of nitrogens with zero attached hydrogens (tertiary/aromatic N) is 1. The number of aromatic nitrogens is 1. The van der Waals surface area contributed by atoms with Crippen LogP contribution in [0.4, 0.5) is 0 Å². The van der Waals surface area contributed by atoms with Crippen LogP contribution in [-0.2, 0) is 15.3 Å². The van der Waals surface area contributed by atoms with Crippen molar-refractivity contribution in [3.8, 4) is 11.8 Å². The van der Waals surface area contributed by atoms with Crippen LogP contribution in [0.25, 0.3) is 0 Å². The SMILES string of the molecule is CC1(C)CCS(=O)(=O)c2ccc(C#Cc3ccc(C(=O)O)cn3)cc21. The molecule has 0 saturated heterocycles. The average molecular weight is 355 g/mol. The van der Waals surface area contributed by atoms with Crippen molar-refractivity contribution in [3.05, 3.63) is 58.9 Å². The van der Waals surface area contributed by atoms with Gasteiger partial charge in [0.2, 0.25) is 0 Å². The number of aromatic carboxylic acids is 1. The predicted molar refractivity (Wildman–Crippen MR) is 93.3 cm³/mol. The highest BCUT2D eigenvalue weighted by Crippen LogP contribution is 2.38. The van der Waals surface area contributed by atoms with E-state index in [0.29, 0.717) is 22.6 Å². The van der Waals surface area contributed by atoms with E-state index in [0.717, 1.165) is 5.56 Å². The Morgan fingerprint density at radius 2 is 1.96 bits per heavy atom. The van der Waals surface area contributed by atoms with Gasteiger partial charge in [-0.2, -0.15) is 0 Å². The zero-order chi connectivity index (χ0) is 18.2. The Bertz CT molecular complexity index is 1010. The van der Waals surface area contributed by atoms with Gasteiger partial charge in [0, 0.05) is 11.8 Å². The molecule has 1 aliphatic rings. The summed E-state index contributed by atoms with van der Waals surface area (Å²) >= 11 is 0. The Morgan fingerprint density at radius 3 is 2.60 bits per heavy atom. The smallest absolute Gasteiger partial charge is 0.337 e. The monoisotopic (exact) mass is 355 g/mol. The van der Waals surface area contributed by atoms with E-state index >= 15 is 0 Å². The van der Waals surface area contributed by atoms with E-state index in [-0.39, 0.29) is 16.7 Å². The normalized spacial score (nSPS) is 17.0. The molecule has 6 heteroatoms. The van der Waals surface area contributed by atoms with Crippen LogP contribution in [0, 0.1) is 11.8 Å². The molecular weight excluding hydrogens is 338 g/mol. The van der Waals surface area contributed by atoms with E-state index in [2.05, 4.69) is 16.8 Å². The van der Waals surface area contributed by atoms with Crippen LogP contribution in [-0.4, -0.2) is 30.2 Å². The lowest BCUT2D eigenvalue weighted by molar-refractivity contribution is 0.0696. The minimum Gasteiger partial charge on any atom is -0.478 e. The summed E-state index contributed by atoms with van der Waals surface area (Å²) in [7, 11) is -3.23. The molecule has 2 heterocycles. The number of benzene rings is 1. The second-order valence-electron chi connectivity index (χ2n) is 6.65. The molecule has 1 N–H and O–H groups in total. The molecule has 0 saturated carbocycles. The molecular formula is C19H17NO4S. The first-order chi connectivity index (χ1) is 11.7. The zero-order valence-electron chi connectivity index (χ0n) is 13.9. The summed E-state index contributed by atoms with van der Waals surface area (Å²) in [6.45, 7) is 4.06. The van der Waals surface area contributed by atoms with Gasteiger partial charge in [-0.15, -0.1) is 0 Å². The first kappa shape index (κ1) is 17.2. The summed E-state index contributed by atoms with van der Waals surface area (Å²) in [6, 6.07) is 8.13. The first-order valence-electron chi connectivity index (χ1n) is 7.78. The molecule has 3 rings (SSSR count). The Labute approximate surface area is 146 Å². The Morgan fingerprint density at radius 1 is 1.20 bits per heavy atom. The number of carboxylic acids is 1. The molecule has 128 valence electrons. The Kier molecular flexibility index (Phi) is 4.13. The van der Waals surface area contributed by atoms with Gasteiger partial charge in [-0.05, 0) is 53.7 Å². The Balaban J connectivity index is 1.97. The van der Waals surface area contributed by atoms with Crippen LogP contribution >= 0.6 is 0 Å². The lowest BCUT2D eigenvalue weighted by Gasteiger charge is -2.32. The molecule has 0 bridgehead atoms. The van der Waals surface area contributed by atoms with Crippen molar-refractivity contribution in [3.63, 3.8) is 0 Å². The highest BCUT2D eigenvalue weighted by Gasteiger charge is 2.35. The summed E-state index contributed by atoms with van der Waals surface area (Å²) in [5.41, 5.74) is 1.83. The molecule has 0 atom stereocenters. The second-order valence-corrected chi connectivity index (χ2v) is 8.73. The third-order valence-electron chi connectivity index (χ3n) is 4.38. The zero-order valence-corrected chi connectivity index (χ0v) is 14.7. The fourth-order valence-corrected chi connectivity index (χ4v) is 4.72. The maximum Gasteiger partial charge on any atom is 0.337 e. The highest BCUT2D eigenvalue weighted by atomic mass is 32.2. The molecule has 0 aliphatic carbocycles. The van der Waals surface area contributed by atoms with Gasteiger partial charge in [0.05, 0.1) is 16.2 Å². The lowest BCUT2D eigenvalue weighted by atomic mass is 9.81. The van der Waals surface area contributed by atoms with Crippen molar-refractivity contribution in [1.29, 1.82) is 0 Å². The number of rotatable bonds is 1. The van der Waals surface area contributed by atoms with Crippen LogP contribution in [0.5, 0.6) is 0 Å². The molecule has 25 heavy (non-hydrogen) atoms. The standard InChI is InChI=1S/C19H17NO4S/c1-19(2)9-10-25(23,24)17-8-4-13(11-16(17)19)3-6-15-7-5-14(12-20-15)18(21)22/h4-5,7-8,11-12H,9-10H2,1-2H3,(H,21,22). The number of hydrogen-bond donors (Lipinski definition) is 1. The maximum absolute atomic E-state index is 12.2. The van der Waals surface area contributed by atoms with Crippen molar-refractivity contribution in [2.45, 2.75) is 30.6 Å². The molecule has 1 aromatic heterocycles. The minimum absolute atomic E-state index is 0.103. The van der Waals surface area contributed by atoms with Crippen LogP contribution in [0.15, 0.2) is 41.4 Å². The summed E-state index contributed by atoms with van der Waals surface area (Å²) in [4.78, 5) is 15.2. The van der Waals surface area contributed by atoms with E-state index in [1.807, 2.05) is 19.9 Å². The second kappa shape index (κ2) is 6.01. The van der Waals surface area contributed by atoms with E-state index in [4.69, 9.17) is 5.11 Å². The van der Waals surface area contributed by atoms with Gasteiger partial charge in [-0.25, -0.2) is 18.2 Å². The molecule has 0 fully saturated rings. The van der Waals surface area contributed by atoms with Crippen LogP contribution < -0.4 is 0 Å². The molecule has 0 spiro atoms. The van der Waals surface area contributed by atoms with Gasteiger partial charge in [0.25, 0.3) is 0 Å². The number of pyridine rings is 1. The average Bonchev–Trinajstić information content (AvgIpc) is 2.57. The van der Waals surface area contributed by atoms with E-state index in [1.165, 1.54) is 12.3 Å². The molecule has 1 aliphatic heterocycles. The molecule has 0 radical (unpaired) electrons. The highest BCUT2D eigenvalue weighted by molar-refractivity contribution is 7.91. The summed E-state index contributed by atoms with van der Waals surface area (Å²) in [6.07, 6.45) is 1.84. The first-order valence-corrected chi connectivity index (χ1v) is 9.43. The fourth-order valence-electron chi connectivity index (χ4n) is 2.77. The number of hydrogen-bond acceptors (Lipinski definition) is 4. The minimum atomic E-state index is -3.23. The van der Waals surface area contributed by atoms with Gasteiger partial charge in [-0.1, -0.05) is 19.8 Å². The van der Waals surface area contributed by atoms with Gasteiger partial charge in [0.15, 0.2) is 9.84 Å². The topological polar surface area (TPSA) is 84.3 Å². The van der Waals surface area contributed by atoms with E-state index in [9.17, 15) is 13.2 Å². The quantitative estimate of drug-likeness (QED) is 0.795. The number of sulfone groups is 1. The number of carboxylic acid groups (broad SMARTS) is 1. The largest absolute Gasteiger partial charge is 0.478 e. The van der Waals surface area contributed by atoms with Crippen molar-refractivity contribution in [2.24, 2.45) is 0 Å². The fraction of sp³-hybridized carbons (Fsp3) is 0.263. The third-order valence-corrected chi connectivity index (χ3v) is 6.15. The van der Waals surface area contributed by atoms with Crippen LogP contribution in [0.3, 0.4) is 0 Å². The maximum atomic E-state index is 12.2. The van der Waals surface area contributed by atoms with E-state index in [1.54, 1.807) is 18.2 Å². The number of carbonyl (C=O) groups is 1. The van der Waals surface area contributed by atoms with Crippen molar-refractivity contribution < 1.29 is 18.3 Å². The predicted octanol–water partition coefficient (Wildman–Crippen LogP) is 2.63. The van der Waals surface area contributed by atoms with Crippen molar-refractivity contribution in [2.75, 3.05) is 5.75 Å². The van der Waals surface area contributed by atoms with E-state index < -0.39 is 15.8 Å². The van der Waals surface area contributed by atoms with Crippen LogP contribution in [0.2, 0.25) is 0 Å². The van der Waals surface area contributed by atoms with Crippen LogP contribution in [0.1, 0.15) is 47.4 Å². The van der Waals surface area contributed by atoms with Gasteiger partial charge in [0.1, 0.15) is 5.69 Å². The lowest BCUT2D eigenvalue weighted by Crippen LogP contribution is -2.30. The van der Waals surface area contributed by atoms with Gasteiger partial charge < -0.3 is 5.11 Å². The molecule has 0 unspecified atom stereocenters. The van der Waals surface area contributed by atoms with Crippen molar-refractivity contribution >= 4 is 15.8 Å². The van der Waals surface area contributed by atoms with Gasteiger partial charge in [-0.3, -0.25) is 0 Å². The third kappa shape index (κ3) is 3.42. The molecule has 1 aromatic carbocycles. The molecule has 2 aromatic rings. The van der Waals surface area contributed by atoms with Gasteiger partial charge >= 0.3 is 5.97 Å². The number of fused-ring (bicyclic) bond motifs is 1. The van der Waals surface area contributed by atoms with Crippen molar-refractivity contribution in [1.82, 2.24) is 4.98 Å². The molecule has 5 nitrogen and oxygen atoms in total. The summed E-state index contributed by atoms with van der Waals surface area (Å²) in [5.74, 6) is 4.98. The summed E-state index contributed by atoms with van der Waals surface area (Å²) in [5, 5.41) is 8.86. The summed E-state index contributed by atoms with van der Waals surface area (Å²) < 4.78 is 24.5. The Hall–Kier alpha value is -2.65. The molecule has 0 amide bonds.